The second kappa shape index (κ2) is 8.46. The van der Waals surface area contributed by atoms with Gasteiger partial charge in [-0.25, -0.2) is 0 Å². The van der Waals surface area contributed by atoms with Crippen LogP contribution in [0, 0.1) is 0 Å². The predicted octanol–water partition coefficient (Wildman–Crippen LogP) is 3.74. The first-order valence-electron chi connectivity index (χ1n) is 9.21. The van der Waals surface area contributed by atoms with Gasteiger partial charge in [0.1, 0.15) is 5.75 Å². The summed E-state index contributed by atoms with van der Waals surface area (Å²) >= 11 is 0. The molecule has 0 amide bonds. The van der Waals surface area contributed by atoms with Gasteiger partial charge in [-0.15, -0.1) is 24.0 Å². The molecule has 7 heteroatoms. The van der Waals surface area contributed by atoms with Crippen LogP contribution in [0.4, 0.5) is 0 Å². The number of aliphatic imine (C=N–C) groups is 1. The largest absolute Gasteiger partial charge is 0.493 e. The van der Waals surface area contributed by atoms with Crippen molar-refractivity contribution in [2.45, 2.75) is 31.7 Å². The van der Waals surface area contributed by atoms with Crippen LogP contribution in [0.5, 0.6) is 17.2 Å². The van der Waals surface area contributed by atoms with Crippen molar-refractivity contribution >= 4 is 29.9 Å². The Kier molecular flexibility index (Phi) is 6.22. The smallest absolute Gasteiger partial charge is 0.231 e. The molecule has 0 bridgehead atoms. The van der Waals surface area contributed by atoms with Crippen molar-refractivity contribution in [3.63, 3.8) is 0 Å². The van der Waals surface area contributed by atoms with E-state index in [0.717, 1.165) is 34.8 Å². The first-order chi connectivity index (χ1) is 13.0. The van der Waals surface area contributed by atoms with E-state index < -0.39 is 0 Å². The Morgan fingerprint density at radius 1 is 1.11 bits per heavy atom. The highest BCUT2D eigenvalue weighted by Crippen LogP contribution is 2.36. The number of ether oxygens (including phenoxy) is 3. The van der Waals surface area contributed by atoms with E-state index in [-0.39, 0.29) is 42.2 Å². The molecule has 1 unspecified atom stereocenters. The predicted molar refractivity (Wildman–Crippen MR) is 120 cm³/mol. The second-order valence-electron chi connectivity index (χ2n) is 7.53. The van der Waals surface area contributed by atoms with Gasteiger partial charge >= 0.3 is 0 Å². The summed E-state index contributed by atoms with van der Waals surface area (Å²) in [7, 11) is 0. The molecule has 2 aliphatic heterocycles. The molecule has 1 atom stereocenters. The molecule has 2 aromatic carbocycles. The van der Waals surface area contributed by atoms with Gasteiger partial charge in [0.2, 0.25) is 6.79 Å². The lowest BCUT2D eigenvalue weighted by Crippen LogP contribution is -2.38. The highest BCUT2D eigenvalue weighted by Gasteiger charge is 2.25. The zero-order valence-corrected chi connectivity index (χ0v) is 18.4. The highest BCUT2D eigenvalue weighted by atomic mass is 127. The maximum atomic E-state index is 6.19. The van der Waals surface area contributed by atoms with Crippen LogP contribution in [0.1, 0.15) is 37.4 Å². The van der Waals surface area contributed by atoms with Gasteiger partial charge in [0.25, 0.3) is 0 Å². The highest BCUT2D eigenvalue weighted by molar-refractivity contribution is 14.0. The third-order valence-corrected chi connectivity index (χ3v) is 5.08. The maximum absolute atomic E-state index is 6.19. The molecule has 0 radical (unpaired) electrons. The van der Waals surface area contributed by atoms with Crippen molar-refractivity contribution in [2.75, 3.05) is 19.9 Å². The van der Waals surface area contributed by atoms with E-state index in [1.165, 1.54) is 0 Å². The Hall–Kier alpha value is -2.16. The monoisotopic (exact) mass is 495 g/mol. The van der Waals surface area contributed by atoms with E-state index in [9.17, 15) is 0 Å². The number of halogens is 1. The van der Waals surface area contributed by atoms with Gasteiger partial charge in [0.05, 0.1) is 19.2 Å². The van der Waals surface area contributed by atoms with Crippen molar-refractivity contribution in [1.82, 2.24) is 5.32 Å². The van der Waals surface area contributed by atoms with Gasteiger partial charge in [0, 0.05) is 17.4 Å². The minimum Gasteiger partial charge on any atom is -0.493 e. The topological polar surface area (TPSA) is 78.1 Å². The van der Waals surface area contributed by atoms with Crippen molar-refractivity contribution in [3.05, 3.63) is 53.6 Å². The minimum atomic E-state index is -0.180. The molecule has 2 heterocycles. The van der Waals surface area contributed by atoms with Gasteiger partial charge in [-0.2, -0.15) is 0 Å². The molecule has 0 aromatic heterocycles. The molecule has 2 aromatic rings. The summed E-state index contributed by atoms with van der Waals surface area (Å²) in [5.41, 5.74) is 8.27. The molecule has 0 saturated carbocycles. The van der Waals surface area contributed by atoms with Crippen LogP contribution < -0.4 is 25.3 Å². The standard InChI is InChI=1S/C21H25N3O3.HI/c1-21(2,14-7-8-18-19(11-14)27-13-26-18)12-23-20(22)24-16-9-10-25-17-6-4-3-5-15(16)17;/h3-8,11,16H,9-10,12-13H2,1-2H3,(H3,22,23,24);1H. The third kappa shape index (κ3) is 4.29. The first kappa shape index (κ1) is 20.6. The molecule has 2 aliphatic rings. The normalized spacial score (nSPS) is 17.9. The summed E-state index contributed by atoms with van der Waals surface area (Å²) in [5, 5.41) is 3.34. The summed E-state index contributed by atoms with van der Waals surface area (Å²) in [6.45, 7) is 5.80. The number of nitrogens with two attached hydrogens (primary N) is 1. The summed E-state index contributed by atoms with van der Waals surface area (Å²) in [6, 6.07) is 14.2. The minimum absolute atomic E-state index is 0. The second-order valence-corrected chi connectivity index (χ2v) is 7.53. The van der Waals surface area contributed by atoms with Crippen LogP contribution in [0.3, 0.4) is 0 Å². The summed E-state index contributed by atoms with van der Waals surface area (Å²) < 4.78 is 16.6. The van der Waals surface area contributed by atoms with E-state index in [1.54, 1.807) is 0 Å². The van der Waals surface area contributed by atoms with Crippen molar-refractivity contribution < 1.29 is 14.2 Å². The van der Waals surface area contributed by atoms with E-state index in [2.05, 4.69) is 36.3 Å². The summed E-state index contributed by atoms with van der Waals surface area (Å²) in [6.07, 6.45) is 0.860. The van der Waals surface area contributed by atoms with Gasteiger partial charge in [-0.05, 0) is 23.8 Å². The molecule has 0 spiro atoms. The zero-order valence-electron chi connectivity index (χ0n) is 16.1. The van der Waals surface area contributed by atoms with E-state index in [4.69, 9.17) is 19.9 Å². The average molecular weight is 495 g/mol. The van der Waals surface area contributed by atoms with Crippen LogP contribution in [0.25, 0.3) is 0 Å². The van der Waals surface area contributed by atoms with Crippen LogP contribution in [0.2, 0.25) is 0 Å². The Morgan fingerprint density at radius 3 is 2.75 bits per heavy atom. The molecule has 28 heavy (non-hydrogen) atoms. The third-order valence-electron chi connectivity index (χ3n) is 5.08. The van der Waals surface area contributed by atoms with Gasteiger partial charge in [0.15, 0.2) is 17.5 Å². The quantitative estimate of drug-likeness (QED) is 0.384. The Morgan fingerprint density at radius 2 is 1.89 bits per heavy atom. The fourth-order valence-electron chi connectivity index (χ4n) is 3.41. The summed E-state index contributed by atoms with van der Waals surface area (Å²) in [4.78, 5) is 4.60. The maximum Gasteiger partial charge on any atom is 0.231 e. The lowest BCUT2D eigenvalue weighted by Gasteiger charge is -2.28. The Balaban J connectivity index is 0.00000225. The summed E-state index contributed by atoms with van der Waals surface area (Å²) in [5.74, 6) is 2.94. The van der Waals surface area contributed by atoms with E-state index >= 15 is 0 Å². The van der Waals surface area contributed by atoms with Crippen molar-refractivity contribution in [3.8, 4) is 17.2 Å². The lowest BCUT2D eigenvalue weighted by atomic mass is 9.84. The van der Waals surface area contributed by atoms with Crippen molar-refractivity contribution in [2.24, 2.45) is 10.7 Å². The molecule has 6 nitrogen and oxygen atoms in total. The molecule has 4 rings (SSSR count). The van der Waals surface area contributed by atoms with Crippen LogP contribution in [0.15, 0.2) is 47.5 Å². The number of nitrogens with zero attached hydrogens (tertiary/aromatic N) is 1. The van der Waals surface area contributed by atoms with E-state index in [1.807, 2.05) is 30.3 Å². The van der Waals surface area contributed by atoms with Gasteiger partial charge in [-0.1, -0.05) is 38.1 Å². The SMILES string of the molecule is CC(C)(CN=C(N)NC1CCOc2ccccc21)c1ccc2c(c1)OCO2.I. The molecule has 0 fully saturated rings. The number of hydrogen-bond donors (Lipinski definition) is 2. The number of rotatable bonds is 4. The average Bonchev–Trinajstić information content (AvgIpc) is 3.15. The molecule has 3 N–H and O–H groups in total. The van der Waals surface area contributed by atoms with Gasteiger partial charge in [-0.3, -0.25) is 4.99 Å². The van der Waals surface area contributed by atoms with Crippen LogP contribution in [-0.4, -0.2) is 25.9 Å². The fourth-order valence-corrected chi connectivity index (χ4v) is 3.41. The zero-order chi connectivity index (χ0) is 18.9. The first-order valence-corrected chi connectivity index (χ1v) is 9.21. The number of fused-ring (bicyclic) bond motifs is 2. The Labute approximate surface area is 182 Å². The number of benzene rings is 2. The van der Waals surface area contributed by atoms with Crippen molar-refractivity contribution in [1.29, 1.82) is 0 Å². The number of nitrogens with one attached hydrogen (secondary N) is 1. The molecule has 0 saturated heterocycles. The molecule has 0 aliphatic carbocycles. The number of guanidine groups is 1. The molecular weight excluding hydrogens is 469 g/mol. The van der Waals surface area contributed by atoms with Gasteiger partial charge < -0.3 is 25.3 Å². The Bertz CT molecular complexity index is 870. The number of hydrogen-bond acceptors (Lipinski definition) is 4. The van der Waals surface area contributed by atoms with Crippen LogP contribution >= 0.6 is 24.0 Å². The molecular formula is C21H26IN3O3. The van der Waals surface area contributed by atoms with E-state index in [0.29, 0.717) is 19.1 Å². The number of para-hydroxylation sites is 1. The van der Waals surface area contributed by atoms with Crippen LogP contribution in [-0.2, 0) is 5.41 Å². The molecule has 150 valence electrons. The fraction of sp³-hybridized carbons (Fsp3) is 0.381. The lowest BCUT2D eigenvalue weighted by molar-refractivity contribution is 0.174.